The molecule has 0 bridgehead atoms. The fourth-order valence-electron chi connectivity index (χ4n) is 2.82. The van der Waals surface area contributed by atoms with Crippen LogP contribution in [0.25, 0.3) is 0 Å². The molecule has 2 rings (SSSR count). The number of hydrogen-bond donors (Lipinski definition) is 2. The molecule has 0 spiro atoms. The summed E-state index contributed by atoms with van der Waals surface area (Å²) in [5, 5.41) is 21.6. The van der Waals surface area contributed by atoms with Crippen LogP contribution in [0, 0.1) is 11.3 Å². The summed E-state index contributed by atoms with van der Waals surface area (Å²) in [7, 11) is 1.87. The average Bonchev–Trinajstić information content (AvgIpc) is 2.47. The molecule has 1 aliphatic carbocycles. The SMILES string of the molecule is CN(CC(=O)Nc1cccc(C#N)c1)C1CCCCC1O. The lowest BCUT2D eigenvalue weighted by atomic mass is 9.91. The highest BCUT2D eigenvalue weighted by molar-refractivity contribution is 5.92. The lowest BCUT2D eigenvalue weighted by molar-refractivity contribution is -0.118. The van der Waals surface area contributed by atoms with Crippen LogP contribution < -0.4 is 5.32 Å². The summed E-state index contributed by atoms with van der Waals surface area (Å²) in [6, 6.07) is 8.93. The number of aliphatic hydroxyl groups excluding tert-OH is 1. The lowest BCUT2D eigenvalue weighted by Gasteiger charge is -2.34. The number of hydrogen-bond acceptors (Lipinski definition) is 4. The molecule has 2 N–H and O–H groups in total. The zero-order valence-electron chi connectivity index (χ0n) is 12.2. The zero-order chi connectivity index (χ0) is 15.2. The second-order valence-corrected chi connectivity index (χ2v) is 5.58. The van der Waals surface area contributed by atoms with E-state index >= 15 is 0 Å². The number of likely N-dealkylation sites (N-methyl/N-ethyl adjacent to an activating group) is 1. The summed E-state index contributed by atoms with van der Waals surface area (Å²) in [5.41, 5.74) is 1.14. The van der Waals surface area contributed by atoms with Crippen LogP contribution in [-0.2, 0) is 4.79 Å². The molecule has 0 heterocycles. The third kappa shape index (κ3) is 4.28. The Bertz CT molecular complexity index is 539. The van der Waals surface area contributed by atoms with E-state index < -0.39 is 0 Å². The average molecular weight is 287 g/mol. The number of benzene rings is 1. The van der Waals surface area contributed by atoms with Crippen molar-refractivity contribution in [2.45, 2.75) is 37.8 Å². The van der Waals surface area contributed by atoms with Crippen molar-refractivity contribution < 1.29 is 9.90 Å². The highest BCUT2D eigenvalue weighted by atomic mass is 16.3. The van der Waals surface area contributed by atoms with Crippen LogP contribution in [0.1, 0.15) is 31.2 Å². The minimum atomic E-state index is -0.349. The largest absolute Gasteiger partial charge is 0.391 e. The van der Waals surface area contributed by atoms with E-state index in [4.69, 9.17) is 5.26 Å². The molecule has 21 heavy (non-hydrogen) atoms. The summed E-state index contributed by atoms with van der Waals surface area (Å²) >= 11 is 0. The Labute approximate surface area is 125 Å². The smallest absolute Gasteiger partial charge is 0.238 e. The predicted octanol–water partition coefficient (Wildman–Crippen LogP) is 1.73. The van der Waals surface area contributed by atoms with Gasteiger partial charge in [-0.15, -0.1) is 0 Å². The highest BCUT2D eigenvalue weighted by Crippen LogP contribution is 2.22. The topological polar surface area (TPSA) is 76.4 Å². The number of amides is 1. The maximum Gasteiger partial charge on any atom is 0.238 e. The third-order valence-corrected chi connectivity index (χ3v) is 3.93. The first kappa shape index (κ1) is 15.5. The van der Waals surface area contributed by atoms with E-state index in [1.54, 1.807) is 24.3 Å². The second-order valence-electron chi connectivity index (χ2n) is 5.58. The number of anilines is 1. The minimum Gasteiger partial charge on any atom is -0.391 e. The molecule has 1 aromatic carbocycles. The van der Waals surface area contributed by atoms with Crippen LogP contribution >= 0.6 is 0 Å². The molecule has 1 aliphatic rings. The van der Waals surface area contributed by atoms with Gasteiger partial charge in [0, 0.05) is 11.7 Å². The molecule has 1 aromatic rings. The van der Waals surface area contributed by atoms with Crippen molar-refractivity contribution in [2.75, 3.05) is 18.9 Å². The van der Waals surface area contributed by atoms with Crippen LogP contribution in [0.2, 0.25) is 0 Å². The summed E-state index contributed by atoms with van der Waals surface area (Å²) in [5.74, 6) is -0.134. The van der Waals surface area contributed by atoms with Gasteiger partial charge in [-0.05, 0) is 38.1 Å². The molecular formula is C16H21N3O2. The standard InChI is InChI=1S/C16H21N3O2/c1-19(14-7-2-3-8-15(14)20)11-16(21)18-13-6-4-5-12(9-13)10-17/h4-6,9,14-15,20H,2-3,7-8,11H2,1H3,(H,18,21). The number of aliphatic hydroxyl groups is 1. The molecule has 5 heteroatoms. The molecule has 0 aliphatic heterocycles. The van der Waals surface area contributed by atoms with Gasteiger partial charge in [-0.25, -0.2) is 0 Å². The van der Waals surface area contributed by atoms with Gasteiger partial charge in [0.25, 0.3) is 0 Å². The molecule has 112 valence electrons. The molecule has 0 saturated heterocycles. The Morgan fingerprint density at radius 3 is 2.95 bits per heavy atom. The third-order valence-electron chi connectivity index (χ3n) is 3.93. The molecule has 2 unspecified atom stereocenters. The molecule has 1 amide bonds. The summed E-state index contributed by atoms with van der Waals surface area (Å²) in [6.07, 6.45) is 3.53. The summed E-state index contributed by atoms with van der Waals surface area (Å²) in [6.45, 7) is 0.235. The van der Waals surface area contributed by atoms with Crippen molar-refractivity contribution in [3.8, 4) is 6.07 Å². The van der Waals surface area contributed by atoms with Gasteiger partial charge in [0.15, 0.2) is 0 Å². The zero-order valence-corrected chi connectivity index (χ0v) is 12.2. The lowest BCUT2D eigenvalue weighted by Crippen LogP contribution is -2.46. The highest BCUT2D eigenvalue weighted by Gasteiger charge is 2.27. The second kappa shape index (κ2) is 7.21. The van der Waals surface area contributed by atoms with Crippen molar-refractivity contribution in [3.05, 3.63) is 29.8 Å². The fourth-order valence-corrected chi connectivity index (χ4v) is 2.82. The van der Waals surface area contributed by atoms with Crippen LogP contribution in [-0.4, -0.2) is 41.7 Å². The number of nitriles is 1. The Balaban J connectivity index is 1.90. The van der Waals surface area contributed by atoms with E-state index in [0.29, 0.717) is 11.3 Å². The normalized spacial score (nSPS) is 21.8. The monoisotopic (exact) mass is 287 g/mol. The van der Waals surface area contributed by atoms with Gasteiger partial charge in [0.05, 0.1) is 24.3 Å². The van der Waals surface area contributed by atoms with E-state index in [1.165, 1.54) is 0 Å². The fraction of sp³-hybridized carbons (Fsp3) is 0.500. The number of rotatable bonds is 4. The van der Waals surface area contributed by atoms with Crippen molar-refractivity contribution in [1.29, 1.82) is 5.26 Å². The Kier molecular flexibility index (Phi) is 5.32. The molecule has 1 fully saturated rings. The predicted molar refractivity (Wildman–Crippen MR) is 80.7 cm³/mol. The van der Waals surface area contributed by atoms with E-state index in [-0.39, 0.29) is 24.6 Å². The number of nitrogens with zero attached hydrogens (tertiary/aromatic N) is 2. The number of carbonyl (C=O) groups is 1. The maximum absolute atomic E-state index is 12.1. The van der Waals surface area contributed by atoms with Gasteiger partial charge in [0.1, 0.15) is 0 Å². The first-order valence-corrected chi connectivity index (χ1v) is 7.28. The Morgan fingerprint density at radius 2 is 2.24 bits per heavy atom. The molecule has 1 saturated carbocycles. The molecule has 2 atom stereocenters. The van der Waals surface area contributed by atoms with Gasteiger partial charge in [0.2, 0.25) is 5.91 Å². The minimum absolute atomic E-state index is 0.0509. The van der Waals surface area contributed by atoms with Gasteiger partial charge in [-0.1, -0.05) is 18.9 Å². The van der Waals surface area contributed by atoms with E-state index in [2.05, 4.69) is 5.32 Å². The van der Waals surface area contributed by atoms with Crippen LogP contribution in [0.3, 0.4) is 0 Å². The molecule has 0 radical (unpaired) electrons. The van der Waals surface area contributed by atoms with Gasteiger partial charge in [-0.3, -0.25) is 9.69 Å². The van der Waals surface area contributed by atoms with Crippen molar-refractivity contribution in [2.24, 2.45) is 0 Å². The van der Waals surface area contributed by atoms with E-state index in [1.807, 2.05) is 18.0 Å². The van der Waals surface area contributed by atoms with Gasteiger partial charge >= 0.3 is 0 Å². The van der Waals surface area contributed by atoms with Crippen molar-refractivity contribution in [3.63, 3.8) is 0 Å². The van der Waals surface area contributed by atoms with E-state index in [0.717, 1.165) is 25.7 Å². The van der Waals surface area contributed by atoms with Crippen LogP contribution in [0.5, 0.6) is 0 Å². The Hall–Kier alpha value is -1.90. The molecule has 0 aromatic heterocycles. The molecule has 5 nitrogen and oxygen atoms in total. The number of nitrogens with one attached hydrogen (secondary N) is 1. The maximum atomic E-state index is 12.1. The Morgan fingerprint density at radius 1 is 1.48 bits per heavy atom. The van der Waals surface area contributed by atoms with Crippen molar-refractivity contribution in [1.82, 2.24) is 4.90 Å². The first-order valence-electron chi connectivity index (χ1n) is 7.28. The molecular weight excluding hydrogens is 266 g/mol. The quantitative estimate of drug-likeness (QED) is 0.884. The number of carbonyl (C=O) groups excluding carboxylic acids is 1. The summed E-state index contributed by atoms with van der Waals surface area (Å²) < 4.78 is 0. The van der Waals surface area contributed by atoms with E-state index in [9.17, 15) is 9.90 Å². The van der Waals surface area contributed by atoms with Gasteiger partial charge in [-0.2, -0.15) is 5.26 Å². The van der Waals surface area contributed by atoms with Gasteiger partial charge < -0.3 is 10.4 Å². The van der Waals surface area contributed by atoms with Crippen LogP contribution in [0.15, 0.2) is 24.3 Å². The summed E-state index contributed by atoms with van der Waals surface area (Å²) in [4.78, 5) is 14.0. The van der Waals surface area contributed by atoms with Crippen LogP contribution in [0.4, 0.5) is 5.69 Å². The first-order chi connectivity index (χ1) is 10.1. The van der Waals surface area contributed by atoms with Crippen molar-refractivity contribution >= 4 is 11.6 Å².